The van der Waals surface area contributed by atoms with Crippen LogP contribution in [-0.4, -0.2) is 61.9 Å². The molecule has 3 rings (SSSR count). The Morgan fingerprint density at radius 2 is 1.96 bits per heavy atom. The van der Waals surface area contributed by atoms with Crippen LogP contribution in [0.5, 0.6) is 0 Å². The number of aromatic nitrogens is 1. The molecule has 1 aromatic heterocycles. The van der Waals surface area contributed by atoms with Gasteiger partial charge in [-0.05, 0) is 31.0 Å². The highest BCUT2D eigenvalue weighted by Crippen LogP contribution is 2.17. The summed E-state index contributed by atoms with van der Waals surface area (Å²) in [6, 6.07) is 8.14. The fourth-order valence-corrected chi connectivity index (χ4v) is 3.04. The normalized spacial score (nSPS) is 15.5. The van der Waals surface area contributed by atoms with E-state index in [-0.39, 0.29) is 6.03 Å². The lowest BCUT2D eigenvalue weighted by Gasteiger charge is -2.26. The number of carbonyl (C=O) groups excluding carboxylic acids is 1. The van der Waals surface area contributed by atoms with Gasteiger partial charge in [0.25, 0.3) is 0 Å². The summed E-state index contributed by atoms with van der Waals surface area (Å²) in [5.74, 6) is 0. The van der Waals surface area contributed by atoms with E-state index in [1.807, 2.05) is 18.3 Å². The largest absolute Gasteiger partial charge is 0.379 e. The lowest BCUT2D eigenvalue weighted by atomic mass is 10.1. The molecule has 0 aliphatic carbocycles. The van der Waals surface area contributed by atoms with Crippen molar-refractivity contribution in [2.75, 3.05) is 45.9 Å². The molecule has 130 valence electrons. The van der Waals surface area contributed by atoms with Gasteiger partial charge in [-0.2, -0.15) is 0 Å². The first-order valence-corrected chi connectivity index (χ1v) is 8.70. The Hall–Kier alpha value is -2.05. The molecule has 0 bridgehead atoms. The number of H-pyrrole nitrogens is 1. The van der Waals surface area contributed by atoms with Crippen molar-refractivity contribution >= 4 is 16.9 Å². The Balaban J connectivity index is 1.30. The third-order valence-corrected chi connectivity index (χ3v) is 4.40. The second kappa shape index (κ2) is 8.70. The Kier molecular flexibility index (Phi) is 6.09. The summed E-state index contributed by atoms with van der Waals surface area (Å²) in [4.78, 5) is 17.5. The van der Waals surface area contributed by atoms with E-state index in [9.17, 15) is 4.79 Å². The zero-order valence-corrected chi connectivity index (χ0v) is 14.0. The number of nitrogens with one attached hydrogen (secondary N) is 3. The van der Waals surface area contributed by atoms with Crippen molar-refractivity contribution in [1.82, 2.24) is 20.5 Å². The molecule has 1 fully saturated rings. The molecular weight excluding hydrogens is 304 g/mol. The molecule has 24 heavy (non-hydrogen) atoms. The number of aromatic amines is 1. The van der Waals surface area contributed by atoms with Gasteiger partial charge in [-0.3, -0.25) is 4.90 Å². The Bertz CT molecular complexity index is 649. The Morgan fingerprint density at radius 1 is 1.17 bits per heavy atom. The summed E-state index contributed by atoms with van der Waals surface area (Å²) in [5, 5.41) is 7.08. The number of carbonyl (C=O) groups is 1. The average molecular weight is 330 g/mol. The molecule has 1 saturated heterocycles. The van der Waals surface area contributed by atoms with E-state index in [0.717, 1.165) is 51.2 Å². The Labute approximate surface area is 142 Å². The molecule has 2 heterocycles. The van der Waals surface area contributed by atoms with Gasteiger partial charge in [0.05, 0.1) is 13.2 Å². The van der Waals surface area contributed by atoms with Crippen LogP contribution in [0.1, 0.15) is 12.0 Å². The van der Waals surface area contributed by atoms with E-state index >= 15 is 0 Å². The number of morpholine rings is 1. The molecule has 2 aromatic rings. The molecule has 6 heteroatoms. The van der Waals surface area contributed by atoms with Crippen LogP contribution in [0.3, 0.4) is 0 Å². The number of rotatable bonds is 7. The third kappa shape index (κ3) is 4.72. The van der Waals surface area contributed by atoms with Gasteiger partial charge in [-0.25, -0.2) is 4.79 Å². The number of benzene rings is 1. The van der Waals surface area contributed by atoms with Crippen molar-refractivity contribution in [1.29, 1.82) is 0 Å². The van der Waals surface area contributed by atoms with Crippen LogP contribution >= 0.6 is 0 Å². The maximum atomic E-state index is 11.8. The van der Waals surface area contributed by atoms with Crippen LogP contribution in [0.2, 0.25) is 0 Å². The molecule has 1 aromatic carbocycles. The summed E-state index contributed by atoms with van der Waals surface area (Å²) in [6.45, 7) is 5.99. The van der Waals surface area contributed by atoms with Crippen molar-refractivity contribution in [3.05, 3.63) is 36.0 Å². The predicted molar refractivity (Wildman–Crippen MR) is 95.3 cm³/mol. The number of fused-ring (bicyclic) bond motifs is 1. The summed E-state index contributed by atoms with van der Waals surface area (Å²) >= 11 is 0. The molecule has 0 atom stereocenters. The highest BCUT2D eigenvalue weighted by atomic mass is 16.5. The Morgan fingerprint density at radius 3 is 2.83 bits per heavy atom. The standard InChI is InChI=1S/C18H26N4O2/c23-18(19-7-3-9-22-10-12-24-13-11-22)20-8-6-15-14-21-17-5-2-1-4-16(15)17/h1-2,4-5,14,21H,3,6-13H2,(H2,19,20,23). The van der Waals surface area contributed by atoms with E-state index in [4.69, 9.17) is 4.74 Å². The van der Waals surface area contributed by atoms with Crippen molar-refractivity contribution in [2.24, 2.45) is 0 Å². The first-order chi connectivity index (χ1) is 11.8. The van der Waals surface area contributed by atoms with Gasteiger partial charge in [0.15, 0.2) is 0 Å². The van der Waals surface area contributed by atoms with Gasteiger partial charge < -0.3 is 20.4 Å². The number of amides is 2. The van der Waals surface area contributed by atoms with Crippen LogP contribution in [0.25, 0.3) is 10.9 Å². The minimum Gasteiger partial charge on any atom is -0.379 e. The van der Waals surface area contributed by atoms with Crippen molar-refractivity contribution in [2.45, 2.75) is 12.8 Å². The van der Waals surface area contributed by atoms with E-state index < -0.39 is 0 Å². The van der Waals surface area contributed by atoms with E-state index in [2.05, 4.69) is 32.7 Å². The maximum absolute atomic E-state index is 11.8. The second-order valence-electron chi connectivity index (χ2n) is 6.10. The molecule has 0 spiro atoms. The van der Waals surface area contributed by atoms with E-state index in [1.54, 1.807) is 0 Å². The molecule has 1 aliphatic heterocycles. The summed E-state index contributed by atoms with van der Waals surface area (Å²) in [7, 11) is 0. The number of hydrogen-bond acceptors (Lipinski definition) is 3. The molecule has 0 radical (unpaired) electrons. The first kappa shape index (κ1) is 16.8. The third-order valence-electron chi connectivity index (χ3n) is 4.40. The van der Waals surface area contributed by atoms with Crippen molar-refractivity contribution < 1.29 is 9.53 Å². The molecule has 6 nitrogen and oxygen atoms in total. The maximum Gasteiger partial charge on any atom is 0.314 e. The minimum atomic E-state index is -0.0863. The van der Waals surface area contributed by atoms with Gasteiger partial charge in [0.1, 0.15) is 0 Å². The molecular formula is C18H26N4O2. The number of hydrogen-bond donors (Lipinski definition) is 3. The fourth-order valence-electron chi connectivity index (χ4n) is 3.04. The highest BCUT2D eigenvalue weighted by Gasteiger charge is 2.09. The monoisotopic (exact) mass is 330 g/mol. The molecule has 0 unspecified atom stereocenters. The molecule has 3 N–H and O–H groups in total. The fraction of sp³-hybridized carbons (Fsp3) is 0.500. The SMILES string of the molecule is O=C(NCCCN1CCOCC1)NCCc1c[nH]c2ccccc12. The zero-order chi connectivity index (χ0) is 16.6. The number of para-hydroxylation sites is 1. The van der Waals surface area contributed by atoms with Crippen LogP contribution < -0.4 is 10.6 Å². The average Bonchev–Trinajstić information content (AvgIpc) is 3.03. The second-order valence-corrected chi connectivity index (χ2v) is 6.10. The number of nitrogens with zero attached hydrogens (tertiary/aromatic N) is 1. The first-order valence-electron chi connectivity index (χ1n) is 8.70. The van der Waals surface area contributed by atoms with E-state index in [1.165, 1.54) is 10.9 Å². The van der Waals surface area contributed by atoms with E-state index in [0.29, 0.717) is 13.1 Å². The topological polar surface area (TPSA) is 69.4 Å². The van der Waals surface area contributed by atoms with Crippen LogP contribution in [0, 0.1) is 0 Å². The van der Waals surface area contributed by atoms with Crippen LogP contribution in [0.4, 0.5) is 4.79 Å². The van der Waals surface area contributed by atoms with Gasteiger partial charge in [0.2, 0.25) is 0 Å². The van der Waals surface area contributed by atoms with Crippen LogP contribution in [-0.2, 0) is 11.2 Å². The molecule has 1 aliphatic rings. The minimum absolute atomic E-state index is 0.0863. The molecule has 0 saturated carbocycles. The molecule has 2 amide bonds. The highest BCUT2D eigenvalue weighted by molar-refractivity contribution is 5.83. The van der Waals surface area contributed by atoms with Gasteiger partial charge in [-0.1, -0.05) is 18.2 Å². The van der Waals surface area contributed by atoms with Crippen LogP contribution in [0.15, 0.2) is 30.5 Å². The number of ether oxygens (including phenoxy) is 1. The number of urea groups is 1. The predicted octanol–water partition coefficient (Wildman–Crippen LogP) is 1.73. The van der Waals surface area contributed by atoms with Gasteiger partial charge in [-0.15, -0.1) is 0 Å². The quantitative estimate of drug-likeness (QED) is 0.677. The summed E-state index contributed by atoms with van der Waals surface area (Å²) in [5.41, 5.74) is 2.37. The smallest absolute Gasteiger partial charge is 0.314 e. The van der Waals surface area contributed by atoms with Gasteiger partial charge in [0, 0.05) is 43.3 Å². The summed E-state index contributed by atoms with van der Waals surface area (Å²) < 4.78 is 5.32. The lowest BCUT2D eigenvalue weighted by molar-refractivity contribution is 0.0375. The van der Waals surface area contributed by atoms with Crippen molar-refractivity contribution in [3.63, 3.8) is 0 Å². The van der Waals surface area contributed by atoms with Crippen molar-refractivity contribution in [3.8, 4) is 0 Å². The summed E-state index contributed by atoms with van der Waals surface area (Å²) in [6.07, 6.45) is 3.81. The lowest BCUT2D eigenvalue weighted by Crippen LogP contribution is -2.40. The zero-order valence-electron chi connectivity index (χ0n) is 14.0. The van der Waals surface area contributed by atoms with Gasteiger partial charge >= 0.3 is 6.03 Å².